The van der Waals surface area contributed by atoms with E-state index < -0.39 is 0 Å². The van der Waals surface area contributed by atoms with Gasteiger partial charge in [0.25, 0.3) is 0 Å². The number of urea groups is 1. The fraction of sp³-hybridized carbons (Fsp3) is 0.250. The van der Waals surface area contributed by atoms with Gasteiger partial charge in [0.1, 0.15) is 0 Å². The van der Waals surface area contributed by atoms with Crippen LogP contribution in [0.25, 0.3) is 10.4 Å². The molecule has 2 N–H and O–H groups in total. The summed E-state index contributed by atoms with van der Waals surface area (Å²) in [4.78, 5) is 14.5. The van der Waals surface area contributed by atoms with Crippen LogP contribution in [0.2, 0.25) is 0 Å². The van der Waals surface area contributed by atoms with Gasteiger partial charge in [0.2, 0.25) is 0 Å². The fourth-order valence-corrected chi connectivity index (χ4v) is 4.34. The predicted octanol–water partition coefficient (Wildman–Crippen LogP) is 4.54. The van der Waals surface area contributed by atoms with Crippen LogP contribution in [-0.2, 0) is 13.0 Å². The summed E-state index contributed by atoms with van der Waals surface area (Å²) in [7, 11) is 3.19. The number of hydrogen-bond donors (Lipinski definition) is 2. The summed E-state index contributed by atoms with van der Waals surface area (Å²) < 4.78 is 10.5. The van der Waals surface area contributed by atoms with Gasteiger partial charge in [-0.2, -0.15) is 11.3 Å². The molecule has 3 rings (SSSR count). The molecule has 1 aromatic carbocycles. The minimum Gasteiger partial charge on any atom is -0.493 e. The molecule has 0 saturated heterocycles. The minimum absolute atomic E-state index is 0.181. The number of hydrogen-bond acceptors (Lipinski definition) is 5. The lowest BCUT2D eigenvalue weighted by atomic mass is 10.2. The van der Waals surface area contributed by atoms with Gasteiger partial charge in [-0.3, -0.25) is 0 Å². The van der Waals surface area contributed by atoms with Crippen LogP contribution in [0, 0.1) is 0 Å². The molecular weight excluding hydrogens is 380 g/mol. The molecule has 0 spiro atoms. The monoisotopic (exact) mass is 402 g/mol. The maximum Gasteiger partial charge on any atom is 0.315 e. The SMILES string of the molecule is COc1ccc(CNC(=O)NCCc2ccc(-c3ccsc3)s2)cc1OC. The van der Waals surface area contributed by atoms with E-state index in [4.69, 9.17) is 9.47 Å². The van der Waals surface area contributed by atoms with Crippen LogP contribution in [0.4, 0.5) is 4.79 Å². The van der Waals surface area contributed by atoms with Crippen LogP contribution in [-0.4, -0.2) is 26.8 Å². The third-order valence-corrected chi connectivity index (χ3v) is 5.90. The van der Waals surface area contributed by atoms with E-state index in [0.29, 0.717) is 24.6 Å². The van der Waals surface area contributed by atoms with Gasteiger partial charge in [0.15, 0.2) is 11.5 Å². The van der Waals surface area contributed by atoms with E-state index in [1.807, 2.05) is 18.2 Å². The Balaban J connectivity index is 1.42. The number of amides is 2. The Bertz CT molecular complexity index is 875. The number of nitrogens with one attached hydrogen (secondary N) is 2. The Morgan fingerprint density at radius 2 is 1.89 bits per heavy atom. The van der Waals surface area contributed by atoms with E-state index in [9.17, 15) is 4.79 Å². The van der Waals surface area contributed by atoms with E-state index in [-0.39, 0.29) is 6.03 Å². The van der Waals surface area contributed by atoms with Crippen molar-refractivity contribution in [2.45, 2.75) is 13.0 Å². The number of thiophene rings is 2. The standard InChI is InChI=1S/C20H22N2O3S2/c1-24-17-5-3-14(11-18(17)25-2)12-22-20(23)21-9-7-16-4-6-19(27-16)15-8-10-26-13-15/h3-6,8,10-11,13H,7,9,12H2,1-2H3,(H2,21,22,23). The van der Waals surface area contributed by atoms with Crippen LogP contribution in [0.15, 0.2) is 47.2 Å². The molecule has 0 aliphatic rings. The lowest BCUT2D eigenvalue weighted by molar-refractivity contribution is 0.240. The topological polar surface area (TPSA) is 59.6 Å². The third-order valence-electron chi connectivity index (χ3n) is 4.03. The predicted molar refractivity (Wildman–Crippen MR) is 111 cm³/mol. The zero-order chi connectivity index (χ0) is 19.1. The fourth-order valence-electron chi connectivity index (χ4n) is 2.61. The molecule has 142 valence electrons. The molecule has 0 atom stereocenters. The quantitative estimate of drug-likeness (QED) is 0.582. The first kappa shape index (κ1) is 19.3. The first-order valence-electron chi connectivity index (χ1n) is 8.53. The van der Waals surface area contributed by atoms with Crippen molar-refractivity contribution in [3.8, 4) is 21.9 Å². The second-order valence-corrected chi connectivity index (χ2v) is 7.78. The average Bonchev–Trinajstić information content (AvgIpc) is 3.37. The van der Waals surface area contributed by atoms with Gasteiger partial charge in [-0.25, -0.2) is 4.79 Å². The molecule has 0 saturated carbocycles. The number of rotatable bonds is 8. The van der Waals surface area contributed by atoms with Gasteiger partial charge in [-0.15, -0.1) is 11.3 Å². The summed E-state index contributed by atoms with van der Waals surface area (Å²) in [6.07, 6.45) is 0.818. The summed E-state index contributed by atoms with van der Waals surface area (Å²) in [5, 5.41) is 9.99. The number of carbonyl (C=O) groups excluding carboxylic acids is 1. The highest BCUT2D eigenvalue weighted by molar-refractivity contribution is 7.16. The maximum absolute atomic E-state index is 12.0. The van der Waals surface area contributed by atoms with Crippen LogP contribution in [0.5, 0.6) is 11.5 Å². The molecule has 0 fully saturated rings. The molecule has 0 radical (unpaired) electrons. The van der Waals surface area contributed by atoms with Crippen molar-refractivity contribution in [2.24, 2.45) is 0 Å². The van der Waals surface area contributed by atoms with E-state index >= 15 is 0 Å². The Morgan fingerprint density at radius 3 is 2.63 bits per heavy atom. The van der Waals surface area contributed by atoms with Gasteiger partial charge in [-0.05, 0) is 53.1 Å². The molecule has 0 bridgehead atoms. The van der Waals surface area contributed by atoms with E-state index in [1.54, 1.807) is 36.9 Å². The zero-order valence-electron chi connectivity index (χ0n) is 15.3. The maximum atomic E-state index is 12.0. The highest BCUT2D eigenvalue weighted by atomic mass is 32.1. The molecule has 0 unspecified atom stereocenters. The van der Waals surface area contributed by atoms with Gasteiger partial charge in [0, 0.05) is 28.4 Å². The highest BCUT2D eigenvalue weighted by Crippen LogP contribution is 2.30. The smallest absolute Gasteiger partial charge is 0.315 e. The molecule has 2 heterocycles. The van der Waals surface area contributed by atoms with Crippen molar-refractivity contribution < 1.29 is 14.3 Å². The van der Waals surface area contributed by atoms with Crippen LogP contribution in [0.1, 0.15) is 10.4 Å². The van der Waals surface area contributed by atoms with Crippen molar-refractivity contribution in [3.63, 3.8) is 0 Å². The average molecular weight is 403 g/mol. The van der Waals surface area contributed by atoms with Crippen molar-refractivity contribution in [2.75, 3.05) is 20.8 Å². The molecular formula is C20H22N2O3S2. The number of ether oxygens (including phenoxy) is 2. The number of carbonyl (C=O) groups is 1. The largest absolute Gasteiger partial charge is 0.493 e. The second kappa shape index (κ2) is 9.43. The molecule has 27 heavy (non-hydrogen) atoms. The number of methoxy groups -OCH3 is 2. The normalized spacial score (nSPS) is 10.4. The third kappa shape index (κ3) is 5.24. The summed E-state index contributed by atoms with van der Waals surface area (Å²) >= 11 is 3.47. The summed E-state index contributed by atoms with van der Waals surface area (Å²) in [6, 6.07) is 11.8. The summed E-state index contributed by atoms with van der Waals surface area (Å²) in [5.74, 6) is 1.32. The molecule has 3 aromatic rings. The molecule has 2 amide bonds. The molecule has 0 aliphatic carbocycles. The molecule has 2 aromatic heterocycles. The number of benzene rings is 1. The summed E-state index contributed by atoms with van der Waals surface area (Å²) in [5.41, 5.74) is 2.21. The molecule has 5 nitrogen and oxygen atoms in total. The van der Waals surface area contributed by atoms with E-state index in [1.165, 1.54) is 15.3 Å². The van der Waals surface area contributed by atoms with Crippen LogP contribution in [0.3, 0.4) is 0 Å². The van der Waals surface area contributed by atoms with Crippen molar-refractivity contribution >= 4 is 28.7 Å². The van der Waals surface area contributed by atoms with Crippen LogP contribution >= 0.6 is 22.7 Å². The molecule has 7 heteroatoms. The Labute approximate surface area is 167 Å². The van der Waals surface area contributed by atoms with Gasteiger partial charge in [0.05, 0.1) is 14.2 Å². The Kier molecular flexibility index (Phi) is 6.73. The Hall–Kier alpha value is -2.51. The molecule has 0 aliphatic heterocycles. The van der Waals surface area contributed by atoms with Crippen molar-refractivity contribution in [3.05, 3.63) is 57.6 Å². The van der Waals surface area contributed by atoms with Gasteiger partial charge in [-0.1, -0.05) is 6.07 Å². The zero-order valence-corrected chi connectivity index (χ0v) is 16.9. The van der Waals surface area contributed by atoms with Gasteiger partial charge < -0.3 is 20.1 Å². The van der Waals surface area contributed by atoms with Crippen molar-refractivity contribution in [1.82, 2.24) is 10.6 Å². The minimum atomic E-state index is -0.181. The van der Waals surface area contributed by atoms with Crippen molar-refractivity contribution in [1.29, 1.82) is 0 Å². The lowest BCUT2D eigenvalue weighted by Gasteiger charge is -2.11. The summed E-state index contributed by atoms with van der Waals surface area (Å²) in [6.45, 7) is 1.02. The highest BCUT2D eigenvalue weighted by Gasteiger charge is 2.07. The van der Waals surface area contributed by atoms with Crippen LogP contribution < -0.4 is 20.1 Å². The first-order chi connectivity index (χ1) is 13.2. The Morgan fingerprint density at radius 1 is 1.04 bits per heavy atom. The van der Waals surface area contributed by atoms with Gasteiger partial charge >= 0.3 is 6.03 Å². The van der Waals surface area contributed by atoms with E-state index in [0.717, 1.165) is 12.0 Å². The van der Waals surface area contributed by atoms with E-state index in [2.05, 4.69) is 39.6 Å². The first-order valence-corrected chi connectivity index (χ1v) is 10.3. The second-order valence-electron chi connectivity index (χ2n) is 5.83. The lowest BCUT2D eigenvalue weighted by Crippen LogP contribution is -2.36.